The summed E-state index contributed by atoms with van der Waals surface area (Å²) in [6, 6.07) is 0.201. The van der Waals surface area contributed by atoms with Crippen molar-refractivity contribution in [2.45, 2.75) is 59.1 Å². The first-order chi connectivity index (χ1) is 8.61. The maximum absolute atomic E-state index is 11.2. The summed E-state index contributed by atoms with van der Waals surface area (Å²) in [6.45, 7) is 9.51. The van der Waals surface area contributed by atoms with E-state index in [0.29, 0.717) is 6.42 Å². The summed E-state index contributed by atoms with van der Waals surface area (Å²) in [4.78, 5) is 0. The Morgan fingerprint density at radius 2 is 1.84 bits per heavy atom. The van der Waals surface area contributed by atoms with Gasteiger partial charge in [0.25, 0.3) is 0 Å². The largest absolute Gasteiger partial charge is 0.379 e. The molecule has 0 aliphatic carbocycles. The van der Waals surface area contributed by atoms with Gasteiger partial charge in [0, 0.05) is 25.2 Å². The molecule has 116 valence electrons. The molecule has 4 nitrogen and oxygen atoms in total. The van der Waals surface area contributed by atoms with Gasteiger partial charge >= 0.3 is 0 Å². The van der Waals surface area contributed by atoms with Crippen molar-refractivity contribution in [3.8, 4) is 0 Å². The molecule has 0 spiro atoms. The first kappa shape index (κ1) is 18.9. The molecule has 19 heavy (non-hydrogen) atoms. The van der Waals surface area contributed by atoms with Crippen LogP contribution in [0.25, 0.3) is 0 Å². The first-order valence-electron chi connectivity index (χ1n) is 7.05. The highest BCUT2D eigenvalue weighted by molar-refractivity contribution is 7.90. The van der Waals surface area contributed by atoms with Crippen LogP contribution in [0.3, 0.4) is 0 Å². The lowest BCUT2D eigenvalue weighted by Crippen LogP contribution is -2.48. The molecule has 1 N–H and O–H groups in total. The molecule has 0 saturated heterocycles. The third-order valence-corrected chi connectivity index (χ3v) is 4.19. The van der Waals surface area contributed by atoms with Gasteiger partial charge in [-0.05, 0) is 31.2 Å². The van der Waals surface area contributed by atoms with E-state index < -0.39 is 9.84 Å². The lowest BCUT2D eigenvalue weighted by Gasteiger charge is -2.36. The Morgan fingerprint density at radius 1 is 1.26 bits per heavy atom. The van der Waals surface area contributed by atoms with Gasteiger partial charge in [-0.3, -0.25) is 0 Å². The number of methoxy groups -OCH3 is 1. The van der Waals surface area contributed by atoms with Gasteiger partial charge < -0.3 is 10.1 Å². The second-order valence-corrected chi connectivity index (χ2v) is 8.61. The zero-order chi connectivity index (χ0) is 15.1. The van der Waals surface area contributed by atoms with Gasteiger partial charge in [-0.25, -0.2) is 8.42 Å². The summed E-state index contributed by atoms with van der Waals surface area (Å²) in [7, 11) is -1.15. The molecule has 0 aromatic rings. The summed E-state index contributed by atoms with van der Waals surface area (Å²) in [5.74, 6) is 0.248. The average molecular weight is 293 g/mol. The molecule has 0 bridgehead atoms. The second kappa shape index (κ2) is 8.22. The molecule has 0 aliphatic heterocycles. The molecule has 0 heterocycles. The summed E-state index contributed by atoms with van der Waals surface area (Å²) < 4.78 is 28.1. The van der Waals surface area contributed by atoms with Crippen molar-refractivity contribution in [2.75, 3.05) is 25.7 Å². The minimum atomic E-state index is -2.88. The molecule has 0 amide bonds. The van der Waals surface area contributed by atoms with Crippen molar-refractivity contribution >= 4 is 9.84 Å². The van der Waals surface area contributed by atoms with E-state index >= 15 is 0 Å². The normalized spacial score (nSPS) is 16.3. The molecule has 2 atom stereocenters. The Labute approximate surface area is 119 Å². The van der Waals surface area contributed by atoms with E-state index in [1.165, 1.54) is 6.26 Å². The van der Waals surface area contributed by atoms with E-state index in [4.69, 9.17) is 4.74 Å². The SMILES string of the molecule is CCCNC(CCCS(C)(=O)=O)C(OC)C(C)(C)C. The van der Waals surface area contributed by atoms with Crippen LogP contribution in [0.5, 0.6) is 0 Å². The predicted molar refractivity (Wildman–Crippen MR) is 81.3 cm³/mol. The Bertz CT molecular complexity index is 333. The summed E-state index contributed by atoms with van der Waals surface area (Å²) in [5, 5.41) is 3.49. The van der Waals surface area contributed by atoms with Crippen LogP contribution in [-0.4, -0.2) is 46.2 Å². The summed E-state index contributed by atoms with van der Waals surface area (Å²) in [6.07, 6.45) is 3.93. The molecule has 0 rings (SSSR count). The number of hydrogen-bond acceptors (Lipinski definition) is 4. The topological polar surface area (TPSA) is 55.4 Å². The number of rotatable bonds is 9. The fourth-order valence-corrected chi connectivity index (χ4v) is 3.07. The van der Waals surface area contributed by atoms with E-state index in [0.717, 1.165) is 19.4 Å². The fraction of sp³-hybridized carbons (Fsp3) is 1.00. The highest BCUT2D eigenvalue weighted by atomic mass is 32.2. The molecule has 0 aliphatic rings. The van der Waals surface area contributed by atoms with E-state index in [9.17, 15) is 8.42 Å². The quantitative estimate of drug-likeness (QED) is 0.708. The molecule has 0 aromatic carbocycles. The molecular formula is C14H31NO3S. The van der Waals surface area contributed by atoms with Crippen LogP contribution >= 0.6 is 0 Å². The van der Waals surface area contributed by atoms with Gasteiger partial charge in [-0.15, -0.1) is 0 Å². The van der Waals surface area contributed by atoms with Gasteiger partial charge in [0.05, 0.1) is 6.10 Å². The number of nitrogens with one attached hydrogen (secondary N) is 1. The molecule has 0 radical (unpaired) electrons. The average Bonchev–Trinajstić information content (AvgIpc) is 2.22. The lowest BCUT2D eigenvalue weighted by atomic mass is 9.83. The van der Waals surface area contributed by atoms with E-state index in [1.807, 2.05) is 0 Å². The van der Waals surface area contributed by atoms with Crippen molar-refractivity contribution in [1.82, 2.24) is 5.32 Å². The minimum absolute atomic E-state index is 0.0330. The second-order valence-electron chi connectivity index (χ2n) is 6.36. The first-order valence-corrected chi connectivity index (χ1v) is 9.11. The Balaban J connectivity index is 4.60. The highest BCUT2D eigenvalue weighted by Gasteiger charge is 2.31. The van der Waals surface area contributed by atoms with Crippen molar-refractivity contribution in [1.29, 1.82) is 0 Å². The Hall–Kier alpha value is -0.130. The van der Waals surface area contributed by atoms with Crippen LogP contribution in [0.1, 0.15) is 47.0 Å². The molecule has 2 unspecified atom stereocenters. The minimum Gasteiger partial charge on any atom is -0.379 e. The highest BCUT2D eigenvalue weighted by Crippen LogP contribution is 2.26. The Morgan fingerprint density at radius 3 is 2.21 bits per heavy atom. The number of ether oxygens (including phenoxy) is 1. The van der Waals surface area contributed by atoms with Gasteiger partial charge in [-0.2, -0.15) is 0 Å². The monoisotopic (exact) mass is 293 g/mol. The molecule has 0 aromatic heterocycles. The van der Waals surface area contributed by atoms with Crippen LogP contribution in [0, 0.1) is 5.41 Å². The predicted octanol–water partition coefficient (Wildman–Crippen LogP) is 2.24. The number of hydrogen-bond donors (Lipinski definition) is 1. The molecule has 5 heteroatoms. The standard InChI is InChI=1S/C14H31NO3S/c1-7-10-15-12(9-8-11-19(6,16)17)13(18-5)14(2,3)4/h12-13,15H,7-11H2,1-6H3. The van der Waals surface area contributed by atoms with Gasteiger partial charge in [0.1, 0.15) is 9.84 Å². The van der Waals surface area contributed by atoms with Crippen molar-refractivity contribution in [3.63, 3.8) is 0 Å². The van der Waals surface area contributed by atoms with E-state index in [-0.39, 0.29) is 23.3 Å². The number of sulfone groups is 1. The summed E-state index contributed by atoms with van der Waals surface area (Å²) in [5.41, 5.74) is 0.0330. The van der Waals surface area contributed by atoms with Crippen LogP contribution in [0.4, 0.5) is 0 Å². The molecule has 0 saturated carbocycles. The smallest absolute Gasteiger partial charge is 0.147 e. The van der Waals surface area contributed by atoms with Crippen molar-refractivity contribution < 1.29 is 13.2 Å². The van der Waals surface area contributed by atoms with Crippen molar-refractivity contribution in [2.24, 2.45) is 5.41 Å². The van der Waals surface area contributed by atoms with Crippen molar-refractivity contribution in [3.05, 3.63) is 0 Å². The maximum Gasteiger partial charge on any atom is 0.147 e. The van der Waals surface area contributed by atoms with E-state index in [1.54, 1.807) is 7.11 Å². The zero-order valence-electron chi connectivity index (χ0n) is 13.3. The lowest BCUT2D eigenvalue weighted by molar-refractivity contribution is -0.0131. The van der Waals surface area contributed by atoms with Crippen LogP contribution in [-0.2, 0) is 14.6 Å². The van der Waals surface area contributed by atoms with Gasteiger partial charge in [0.15, 0.2) is 0 Å². The third kappa shape index (κ3) is 8.60. The van der Waals surface area contributed by atoms with Gasteiger partial charge in [0.2, 0.25) is 0 Å². The summed E-state index contributed by atoms with van der Waals surface area (Å²) >= 11 is 0. The molecular weight excluding hydrogens is 262 g/mol. The maximum atomic E-state index is 11.2. The van der Waals surface area contributed by atoms with Crippen LogP contribution in [0.2, 0.25) is 0 Å². The fourth-order valence-electron chi connectivity index (χ4n) is 2.38. The molecule has 0 fully saturated rings. The van der Waals surface area contributed by atoms with Crippen LogP contribution < -0.4 is 5.32 Å². The zero-order valence-corrected chi connectivity index (χ0v) is 14.1. The third-order valence-electron chi connectivity index (χ3n) is 3.16. The Kier molecular flexibility index (Phi) is 8.17. The van der Waals surface area contributed by atoms with E-state index in [2.05, 4.69) is 33.0 Å². The van der Waals surface area contributed by atoms with Crippen LogP contribution in [0.15, 0.2) is 0 Å². The van der Waals surface area contributed by atoms with Gasteiger partial charge in [-0.1, -0.05) is 27.7 Å².